The highest BCUT2D eigenvalue weighted by atomic mass is 32.1. The summed E-state index contributed by atoms with van der Waals surface area (Å²) in [5.74, 6) is 1.31. The molecule has 1 unspecified atom stereocenters. The van der Waals surface area contributed by atoms with Gasteiger partial charge in [-0.3, -0.25) is 15.0 Å². The van der Waals surface area contributed by atoms with Gasteiger partial charge in [-0.25, -0.2) is 0 Å². The number of H-pyrrole nitrogens is 2. The third kappa shape index (κ3) is 3.05. The molecule has 4 rings (SSSR count). The van der Waals surface area contributed by atoms with Gasteiger partial charge >= 0.3 is 0 Å². The molecule has 136 valence electrons. The highest BCUT2D eigenvalue weighted by Gasteiger charge is 2.28. The van der Waals surface area contributed by atoms with E-state index in [0.29, 0.717) is 17.7 Å². The third-order valence-electron chi connectivity index (χ3n) is 5.11. The fourth-order valence-electron chi connectivity index (χ4n) is 3.77. The number of likely N-dealkylation sites (tertiary alicyclic amines) is 1. The Labute approximate surface area is 156 Å². The van der Waals surface area contributed by atoms with E-state index in [0.717, 1.165) is 48.4 Å². The van der Waals surface area contributed by atoms with Crippen molar-refractivity contribution in [3.05, 3.63) is 40.6 Å². The molecule has 1 fully saturated rings. The predicted molar refractivity (Wildman–Crippen MR) is 101 cm³/mol. The first-order valence-electron chi connectivity index (χ1n) is 9.02. The van der Waals surface area contributed by atoms with E-state index in [1.807, 2.05) is 33.7 Å². The van der Waals surface area contributed by atoms with Crippen molar-refractivity contribution in [2.75, 3.05) is 13.1 Å². The van der Waals surface area contributed by atoms with E-state index in [2.05, 4.69) is 27.3 Å². The number of amides is 1. The highest BCUT2D eigenvalue weighted by molar-refractivity contribution is 7.71. The van der Waals surface area contributed by atoms with Crippen LogP contribution < -0.4 is 0 Å². The van der Waals surface area contributed by atoms with E-state index < -0.39 is 0 Å². The molecule has 0 radical (unpaired) electrons. The number of benzene rings is 1. The summed E-state index contributed by atoms with van der Waals surface area (Å²) in [4.78, 5) is 14.8. The fourth-order valence-corrected chi connectivity index (χ4v) is 4.04. The van der Waals surface area contributed by atoms with Crippen molar-refractivity contribution in [1.29, 1.82) is 0 Å². The van der Waals surface area contributed by atoms with Crippen LogP contribution in [0.25, 0.3) is 10.9 Å². The topological polar surface area (TPSA) is 82.6 Å². The second kappa shape index (κ2) is 7.03. The average molecular weight is 370 g/mol. The molecule has 1 amide bonds. The fraction of sp³-hybridized carbons (Fsp3) is 0.444. The number of hydrogen-bond donors (Lipinski definition) is 2. The quantitative estimate of drug-likeness (QED) is 0.692. The van der Waals surface area contributed by atoms with Gasteiger partial charge in [0, 0.05) is 30.9 Å². The van der Waals surface area contributed by atoms with Crippen LogP contribution in [0.1, 0.15) is 37.2 Å². The molecule has 1 aliphatic heterocycles. The van der Waals surface area contributed by atoms with Gasteiger partial charge in [0.1, 0.15) is 5.82 Å². The standard InChI is InChI=1S/C18H22N6OS/c1-2-24-17(21-22-18(24)26)12-6-5-9-23(11-12)16(25)10-15-13-7-3-4-8-14(13)19-20-15/h3-4,7-8,12H,2,5-6,9-11H2,1H3,(H,19,20)(H,22,26). The van der Waals surface area contributed by atoms with Crippen molar-refractivity contribution in [1.82, 2.24) is 29.9 Å². The lowest BCUT2D eigenvalue weighted by Crippen LogP contribution is -2.40. The number of carbonyl (C=O) groups excluding carboxylic acids is 1. The molecule has 1 aliphatic rings. The first-order chi connectivity index (χ1) is 12.7. The van der Waals surface area contributed by atoms with E-state index in [4.69, 9.17) is 12.2 Å². The van der Waals surface area contributed by atoms with Crippen LogP contribution in [0.2, 0.25) is 0 Å². The predicted octanol–water partition coefficient (Wildman–Crippen LogP) is 2.79. The van der Waals surface area contributed by atoms with Crippen molar-refractivity contribution in [3.63, 3.8) is 0 Å². The minimum Gasteiger partial charge on any atom is -0.342 e. The zero-order valence-electron chi connectivity index (χ0n) is 14.7. The number of fused-ring (bicyclic) bond motifs is 1. The number of nitrogens with one attached hydrogen (secondary N) is 2. The van der Waals surface area contributed by atoms with Crippen LogP contribution in [0.15, 0.2) is 24.3 Å². The summed E-state index contributed by atoms with van der Waals surface area (Å²) in [7, 11) is 0. The molecule has 1 aromatic carbocycles. The summed E-state index contributed by atoms with van der Waals surface area (Å²) in [5.41, 5.74) is 1.77. The van der Waals surface area contributed by atoms with Crippen LogP contribution in [0.5, 0.6) is 0 Å². The summed E-state index contributed by atoms with van der Waals surface area (Å²) in [6.45, 7) is 4.32. The molecule has 0 saturated carbocycles. The Balaban J connectivity index is 1.50. The minimum absolute atomic E-state index is 0.126. The number of piperidine rings is 1. The number of nitrogens with zero attached hydrogens (tertiary/aromatic N) is 4. The lowest BCUT2D eigenvalue weighted by molar-refractivity contribution is -0.131. The summed E-state index contributed by atoms with van der Waals surface area (Å²) >= 11 is 5.30. The van der Waals surface area contributed by atoms with Crippen molar-refractivity contribution in [3.8, 4) is 0 Å². The monoisotopic (exact) mass is 370 g/mol. The van der Waals surface area contributed by atoms with Gasteiger partial charge in [-0.2, -0.15) is 10.2 Å². The Morgan fingerprint density at radius 3 is 3.00 bits per heavy atom. The molecule has 2 N–H and O–H groups in total. The number of hydrogen-bond acceptors (Lipinski definition) is 4. The molecule has 3 heterocycles. The molecule has 7 nitrogen and oxygen atoms in total. The number of rotatable bonds is 4. The normalized spacial score (nSPS) is 17.7. The molecule has 3 aromatic rings. The molecule has 2 aromatic heterocycles. The summed E-state index contributed by atoms with van der Waals surface area (Å²) in [5, 5.41) is 15.6. The van der Waals surface area contributed by atoms with Gasteiger partial charge in [0.25, 0.3) is 0 Å². The van der Waals surface area contributed by atoms with Crippen LogP contribution >= 0.6 is 12.2 Å². The SMILES string of the molecule is CCn1c(C2CCCN(C(=O)Cc3[nH]nc4ccccc34)C2)n[nH]c1=S. The van der Waals surface area contributed by atoms with Gasteiger partial charge in [-0.1, -0.05) is 18.2 Å². The molecular formula is C18H22N6OS. The summed E-state index contributed by atoms with van der Waals surface area (Å²) < 4.78 is 2.67. The van der Waals surface area contributed by atoms with Crippen molar-refractivity contribution in [2.24, 2.45) is 0 Å². The second-order valence-corrected chi connectivity index (χ2v) is 7.09. The first-order valence-corrected chi connectivity index (χ1v) is 9.43. The molecule has 0 spiro atoms. The maximum absolute atomic E-state index is 12.9. The van der Waals surface area contributed by atoms with Gasteiger partial charge in [-0.15, -0.1) is 0 Å². The largest absolute Gasteiger partial charge is 0.342 e. The van der Waals surface area contributed by atoms with E-state index in [9.17, 15) is 4.79 Å². The lowest BCUT2D eigenvalue weighted by Gasteiger charge is -2.32. The van der Waals surface area contributed by atoms with E-state index in [-0.39, 0.29) is 11.8 Å². The van der Waals surface area contributed by atoms with E-state index >= 15 is 0 Å². The number of para-hydroxylation sites is 1. The van der Waals surface area contributed by atoms with Gasteiger partial charge in [0.2, 0.25) is 5.91 Å². The van der Waals surface area contributed by atoms with E-state index in [1.54, 1.807) is 0 Å². The summed E-state index contributed by atoms with van der Waals surface area (Å²) in [6.07, 6.45) is 2.34. The maximum Gasteiger partial charge on any atom is 0.228 e. The van der Waals surface area contributed by atoms with E-state index in [1.165, 1.54) is 0 Å². The maximum atomic E-state index is 12.9. The molecule has 0 aliphatic carbocycles. The third-order valence-corrected chi connectivity index (χ3v) is 5.42. The number of aromatic amines is 2. The zero-order valence-corrected chi connectivity index (χ0v) is 15.6. The second-order valence-electron chi connectivity index (χ2n) is 6.71. The Hall–Kier alpha value is -2.48. The van der Waals surface area contributed by atoms with Crippen LogP contribution in [-0.2, 0) is 17.8 Å². The molecule has 26 heavy (non-hydrogen) atoms. The summed E-state index contributed by atoms with van der Waals surface area (Å²) in [6, 6.07) is 7.87. The van der Waals surface area contributed by atoms with Crippen LogP contribution in [0.4, 0.5) is 0 Å². The Morgan fingerprint density at radius 2 is 2.15 bits per heavy atom. The zero-order chi connectivity index (χ0) is 18.1. The van der Waals surface area contributed by atoms with Gasteiger partial charge in [0.15, 0.2) is 4.77 Å². The smallest absolute Gasteiger partial charge is 0.228 e. The Morgan fingerprint density at radius 1 is 1.31 bits per heavy atom. The molecular weight excluding hydrogens is 348 g/mol. The number of aromatic nitrogens is 5. The van der Waals surface area contributed by atoms with Crippen LogP contribution in [0, 0.1) is 4.77 Å². The van der Waals surface area contributed by atoms with Crippen molar-refractivity contribution < 1.29 is 4.79 Å². The molecule has 1 saturated heterocycles. The lowest BCUT2D eigenvalue weighted by atomic mass is 9.96. The van der Waals surface area contributed by atoms with Gasteiger partial charge < -0.3 is 9.47 Å². The van der Waals surface area contributed by atoms with Crippen LogP contribution in [0.3, 0.4) is 0 Å². The van der Waals surface area contributed by atoms with Crippen molar-refractivity contribution >= 4 is 29.0 Å². The van der Waals surface area contributed by atoms with Gasteiger partial charge in [0.05, 0.1) is 17.6 Å². The molecule has 8 heteroatoms. The molecule has 1 atom stereocenters. The minimum atomic E-state index is 0.126. The molecule has 0 bridgehead atoms. The highest BCUT2D eigenvalue weighted by Crippen LogP contribution is 2.26. The average Bonchev–Trinajstić information content (AvgIpc) is 3.25. The van der Waals surface area contributed by atoms with Crippen LogP contribution in [-0.4, -0.2) is 48.9 Å². The Kier molecular flexibility index (Phi) is 4.58. The van der Waals surface area contributed by atoms with Gasteiger partial charge in [-0.05, 0) is 38.0 Å². The first kappa shape index (κ1) is 17.0. The van der Waals surface area contributed by atoms with Crippen molar-refractivity contribution in [2.45, 2.75) is 38.6 Å². The Bertz CT molecular complexity index is 987. The number of carbonyl (C=O) groups is 1.